The minimum absolute atomic E-state index is 0.0188. The molecule has 1 fully saturated rings. The summed E-state index contributed by atoms with van der Waals surface area (Å²) in [6.07, 6.45) is 2.73. The van der Waals surface area contributed by atoms with E-state index >= 15 is 0 Å². The van der Waals surface area contributed by atoms with E-state index in [0.29, 0.717) is 18.8 Å². The molecule has 1 aromatic heterocycles. The number of anilines is 1. The summed E-state index contributed by atoms with van der Waals surface area (Å²) < 4.78 is 31.9. The van der Waals surface area contributed by atoms with Gasteiger partial charge in [-0.15, -0.1) is 0 Å². The van der Waals surface area contributed by atoms with Crippen molar-refractivity contribution >= 4 is 21.6 Å². The Morgan fingerprint density at radius 1 is 1.04 bits per heavy atom. The molecule has 2 aromatic rings. The van der Waals surface area contributed by atoms with Gasteiger partial charge in [-0.05, 0) is 62.1 Å². The Kier molecular flexibility index (Phi) is 4.96. The maximum Gasteiger partial charge on any atom is 0.291 e. The van der Waals surface area contributed by atoms with Crippen molar-refractivity contribution in [3.05, 3.63) is 47.2 Å². The number of nitrogens with one attached hydrogen (secondary N) is 1. The van der Waals surface area contributed by atoms with Crippen LogP contribution in [0.25, 0.3) is 0 Å². The highest BCUT2D eigenvalue weighted by Gasteiger charge is 2.29. The average molecular weight is 362 g/mol. The third-order valence-corrected chi connectivity index (χ3v) is 5.97. The average Bonchev–Trinajstić information content (AvgIpc) is 3.05. The van der Waals surface area contributed by atoms with Gasteiger partial charge in [-0.25, -0.2) is 8.42 Å². The van der Waals surface area contributed by atoms with Crippen LogP contribution in [-0.4, -0.2) is 31.7 Å². The van der Waals surface area contributed by atoms with Gasteiger partial charge in [0.25, 0.3) is 15.9 Å². The molecule has 7 heteroatoms. The zero-order chi connectivity index (χ0) is 18.0. The Bertz CT molecular complexity index is 860. The first-order valence-corrected chi connectivity index (χ1v) is 9.80. The van der Waals surface area contributed by atoms with Crippen molar-refractivity contribution in [2.24, 2.45) is 0 Å². The van der Waals surface area contributed by atoms with E-state index in [0.717, 1.165) is 30.4 Å². The van der Waals surface area contributed by atoms with Gasteiger partial charge in [0.05, 0.1) is 0 Å². The Morgan fingerprint density at radius 3 is 2.32 bits per heavy atom. The van der Waals surface area contributed by atoms with Crippen LogP contribution in [0.2, 0.25) is 0 Å². The first kappa shape index (κ1) is 17.7. The number of rotatable bonds is 4. The smallest absolute Gasteiger partial charge is 0.291 e. The zero-order valence-electron chi connectivity index (χ0n) is 14.4. The topological polar surface area (TPSA) is 79.6 Å². The first-order chi connectivity index (χ1) is 11.9. The molecule has 134 valence electrons. The molecular weight excluding hydrogens is 340 g/mol. The highest BCUT2D eigenvalue weighted by molar-refractivity contribution is 7.89. The lowest BCUT2D eigenvalue weighted by atomic mass is 10.1. The second-order valence-electron chi connectivity index (χ2n) is 6.41. The minimum Gasteiger partial charge on any atom is -0.438 e. The summed E-state index contributed by atoms with van der Waals surface area (Å²) in [5.41, 5.74) is 2.71. The molecular formula is C18H22N2O4S. The molecule has 6 nitrogen and oxygen atoms in total. The SMILES string of the molecule is Cc1cc(C)cc(NC(=O)c2ccc(S(=O)(=O)N3CCCCC3)o2)c1. The van der Waals surface area contributed by atoms with Crippen LogP contribution in [0, 0.1) is 13.8 Å². The van der Waals surface area contributed by atoms with E-state index in [4.69, 9.17) is 4.42 Å². The molecule has 0 spiro atoms. The van der Waals surface area contributed by atoms with Crippen molar-refractivity contribution in [3.8, 4) is 0 Å². The summed E-state index contributed by atoms with van der Waals surface area (Å²) in [5, 5.41) is 2.56. The highest BCUT2D eigenvalue weighted by Crippen LogP contribution is 2.23. The maximum atomic E-state index is 12.6. The minimum atomic E-state index is -3.67. The van der Waals surface area contributed by atoms with E-state index < -0.39 is 15.9 Å². The maximum absolute atomic E-state index is 12.6. The number of hydrogen-bond donors (Lipinski definition) is 1. The molecule has 2 heterocycles. The number of benzene rings is 1. The van der Waals surface area contributed by atoms with Crippen molar-refractivity contribution < 1.29 is 17.6 Å². The predicted molar refractivity (Wildman–Crippen MR) is 95.2 cm³/mol. The van der Waals surface area contributed by atoms with Crippen molar-refractivity contribution in [2.75, 3.05) is 18.4 Å². The van der Waals surface area contributed by atoms with Crippen LogP contribution in [0.5, 0.6) is 0 Å². The second kappa shape index (κ2) is 7.01. The number of piperidine rings is 1. The number of hydrogen-bond acceptors (Lipinski definition) is 4. The van der Waals surface area contributed by atoms with E-state index in [1.807, 2.05) is 32.0 Å². The number of sulfonamides is 1. The molecule has 1 amide bonds. The summed E-state index contributed by atoms with van der Waals surface area (Å²) in [6.45, 7) is 4.87. The van der Waals surface area contributed by atoms with E-state index in [1.165, 1.54) is 16.4 Å². The molecule has 0 aliphatic carbocycles. The van der Waals surface area contributed by atoms with Crippen molar-refractivity contribution in [3.63, 3.8) is 0 Å². The van der Waals surface area contributed by atoms with Crippen LogP contribution in [0.1, 0.15) is 40.9 Å². The molecule has 0 saturated carbocycles. The number of furan rings is 1. The fourth-order valence-electron chi connectivity index (χ4n) is 3.05. The van der Waals surface area contributed by atoms with Crippen molar-refractivity contribution in [1.29, 1.82) is 0 Å². The molecule has 0 unspecified atom stereocenters. The Labute approximate surface area is 147 Å². The lowest BCUT2D eigenvalue weighted by Gasteiger charge is -2.24. The lowest BCUT2D eigenvalue weighted by molar-refractivity contribution is 0.0991. The monoisotopic (exact) mass is 362 g/mol. The largest absolute Gasteiger partial charge is 0.438 e. The Balaban J connectivity index is 1.77. The van der Waals surface area contributed by atoms with Crippen LogP contribution >= 0.6 is 0 Å². The third-order valence-electron chi connectivity index (χ3n) is 4.19. The highest BCUT2D eigenvalue weighted by atomic mass is 32.2. The molecule has 3 rings (SSSR count). The van der Waals surface area contributed by atoms with Gasteiger partial charge < -0.3 is 9.73 Å². The number of carbonyl (C=O) groups is 1. The second-order valence-corrected chi connectivity index (χ2v) is 8.28. The van der Waals surface area contributed by atoms with Crippen molar-refractivity contribution in [1.82, 2.24) is 4.31 Å². The molecule has 1 aromatic carbocycles. The van der Waals surface area contributed by atoms with E-state index in [1.54, 1.807) is 0 Å². The summed E-state index contributed by atoms with van der Waals surface area (Å²) in [4.78, 5) is 12.3. The zero-order valence-corrected chi connectivity index (χ0v) is 15.2. The van der Waals surface area contributed by atoms with Gasteiger partial charge in [0.1, 0.15) is 0 Å². The summed E-state index contributed by atoms with van der Waals surface area (Å²) in [6, 6.07) is 8.44. The van der Waals surface area contributed by atoms with Gasteiger partial charge in [-0.2, -0.15) is 4.31 Å². The lowest BCUT2D eigenvalue weighted by Crippen LogP contribution is -2.35. The predicted octanol–water partition coefficient (Wildman–Crippen LogP) is 3.32. The molecule has 0 atom stereocenters. The summed E-state index contributed by atoms with van der Waals surface area (Å²) >= 11 is 0. The third kappa shape index (κ3) is 3.93. The standard InChI is InChI=1S/C18H22N2O4S/c1-13-10-14(2)12-15(11-13)19-18(21)16-6-7-17(24-16)25(22,23)20-8-4-3-5-9-20/h6-7,10-12H,3-5,8-9H2,1-2H3,(H,19,21). The van der Waals surface area contributed by atoms with Gasteiger partial charge in [0.2, 0.25) is 5.09 Å². The number of nitrogens with zero attached hydrogens (tertiary/aromatic N) is 1. The van der Waals surface area contributed by atoms with Crippen LogP contribution in [0.15, 0.2) is 39.8 Å². The van der Waals surface area contributed by atoms with Gasteiger partial charge in [0, 0.05) is 18.8 Å². The Morgan fingerprint density at radius 2 is 1.68 bits per heavy atom. The molecule has 1 aliphatic rings. The molecule has 1 N–H and O–H groups in total. The van der Waals surface area contributed by atoms with Gasteiger partial charge in [-0.1, -0.05) is 12.5 Å². The van der Waals surface area contributed by atoms with E-state index in [-0.39, 0.29) is 10.9 Å². The fourth-order valence-corrected chi connectivity index (χ4v) is 4.48. The number of carbonyl (C=O) groups excluding carboxylic acids is 1. The number of amides is 1. The van der Waals surface area contributed by atoms with Gasteiger partial charge in [-0.3, -0.25) is 4.79 Å². The Hall–Kier alpha value is -2.12. The van der Waals surface area contributed by atoms with Crippen LogP contribution < -0.4 is 5.32 Å². The molecule has 0 bridgehead atoms. The summed E-state index contributed by atoms with van der Waals surface area (Å²) in [5.74, 6) is -0.486. The van der Waals surface area contributed by atoms with Crippen molar-refractivity contribution in [2.45, 2.75) is 38.2 Å². The number of aryl methyl sites for hydroxylation is 2. The molecule has 1 aliphatic heterocycles. The summed E-state index contributed by atoms with van der Waals surface area (Å²) in [7, 11) is -3.67. The van der Waals surface area contributed by atoms with Crippen LogP contribution in [0.4, 0.5) is 5.69 Å². The molecule has 25 heavy (non-hydrogen) atoms. The van der Waals surface area contributed by atoms with Gasteiger partial charge >= 0.3 is 0 Å². The first-order valence-electron chi connectivity index (χ1n) is 8.36. The van der Waals surface area contributed by atoms with E-state index in [9.17, 15) is 13.2 Å². The normalized spacial score (nSPS) is 15.9. The van der Waals surface area contributed by atoms with E-state index in [2.05, 4.69) is 5.32 Å². The molecule has 0 radical (unpaired) electrons. The van der Waals surface area contributed by atoms with Crippen LogP contribution in [0.3, 0.4) is 0 Å². The van der Waals surface area contributed by atoms with Crippen LogP contribution in [-0.2, 0) is 10.0 Å². The van der Waals surface area contributed by atoms with Gasteiger partial charge in [0.15, 0.2) is 5.76 Å². The fraction of sp³-hybridized carbons (Fsp3) is 0.389. The molecule has 1 saturated heterocycles. The quantitative estimate of drug-likeness (QED) is 0.905.